The summed E-state index contributed by atoms with van der Waals surface area (Å²) in [6.45, 7) is 2.80. The Morgan fingerprint density at radius 1 is 1.44 bits per heavy atom. The van der Waals surface area contributed by atoms with Crippen LogP contribution < -0.4 is 4.74 Å². The van der Waals surface area contributed by atoms with Crippen LogP contribution in [0, 0.1) is 0 Å². The van der Waals surface area contributed by atoms with Gasteiger partial charge in [0.05, 0.1) is 18.9 Å². The molecule has 3 heteroatoms. The van der Waals surface area contributed by atoms with Crippen LogP contribution >= 0.6 is 0 Å². The molecule has 0 amide bonds. The molecule has 0 saturated heterocycles. The first-order chi connectivity index (χ1) is 7.81. The molecule has 0 aromatic carbocycles. The van der Waals surface area contributed by atoms with Crippen LogP contribution in [0.25, 0.3) is 0 Å². The van der Waals surface area contributed by atoms with E-state index in [1.807, 2.05) is 12.3 Å². The average molecular weight is 221 g/mol. The monoisotopic (exact) mass is 221 g/mol. The van der Waals surface area contributed by atoms with E-state index in [2.05, 4.69) is 11.9 Å². The predicted octanol–water partition coefficient (Wildman–Crippen LogP) is 2.50. The topological polar surface area (TPSA) is 42.4 Å². The van der Waals surface area contributed by atoms with Crippen LogP contribution in [0.3, 0.4) is 0 Å². The van der Waals surface area contributed by atoms with Crippen LogP contribution in [0.15, 0.2) is 18.5 Å². The predicted molar refractivity (Wildman–Crippen MR) is 62.6 cm³/mol. The molecule has 0 radical (unpaired) electrons. The van der Waals surface area contributed by atoms with Gasteiger partial charge in [-0.1, -0.05) is 13.3 Å². The number of hydrogen-bond donors (Lipinski definition) is 1. The Hall–Kier alpha value is -1.09. The zero-order chi connectivity index (χ0) is 11.4. The van der Waals surface area contributed by atoms with Crippen molar-refractivity contribution in [2.24, 2.45) is 0 Å². The van der Waals surface area contributed by atoms with Gasteiger partial charge in [-0.25, -0.2) is 0 Å². The van der Waals surface area contributed by atoms with E-state index >= 15 is 0 Å². The minimum Gasteiger partial charge on any atom is -0.492 e. The molecule has 2 unspecified atom stereocenters. The molecule has 0 aliphatic heterocycles. The fourth-order valence-electron chi connectivity index (χ4n) is 2.27. The summed E-state index contributed by atoms with van der Waals surface area (Å²) in [5, 5.41) is 9.84. The zero-order valence-corrected chi connectivity index (χ0v) is 9.72. The van der Waals surface area contributed by atoms with Gasteiger partial charge in [-0.3, -0.25) is 4.98 Å². The molecular weight excluding hydrogens is 202 g/mol. The summed E-state index contributed by atoms with van der Waals surface area (Å²) in [6, 6.07) is 2.02. The molecule has 1 N–H and O–H groups in total. The Labute approximate surface area is 96.5 Å². The maximum atomic E-state index is 9.84. The summed E-state index contributed by atoms with van der Waals surface area (Å²) in [7, 11) is 0. The molecule has 1 fully saturated rings. The van der Waals surface area contributed by atoms with Gasteiger partial charge < -0.3 is 9.84 Å². The molecule has 2 rings (SSSR count). The fraction of sp³-hybridized carbons (Fsp3) is 0.615. The van der Waals surface area contributed by atoms with Crippen molar-refractivity contribution in [2.75, 3.05) is 6.61 Å². The van der Waals surface area contributed by atoms with E-state index in [4.69, 9.17) is 4.74 Å². The summed E-state index contributed by atoms with van der Waals surface area (Å²) in [5.74, 6) is 1.07. The highest BCUT2D eigenvalue weighted by molar-refractivity contribution is 5.27. The van der Waals surface area contributed by atoms with E-state index in [0.717, 1.165) is 43.6 Å². The van der Waals surface area contributed by atoms with Gasteiger partial charge in [0.2, 0.25) is 0 Å². The normalized spacial score (nSPS) is 24.6. The Morgan fingerprint density at radius 3 is 3.00 bits per heavy atom. The van der Waals surface area contributed by atoms with Crippen molar-refractivity contribution < 1.29 is 9.84 Å². The second kappa shape index (κ2) is 5.30. The third kappa shape index (κ3) is 2.53. The van der Waals surface area contributed by atoms with Crippen LogP contribution in [-0.2, 0) is 0 Å². The number of ether oxygens (including phenoxy) is 1. The number of rotatable bonds is 4. The van der Waals surface area contributed by atoms with Crippen LogP contribution in [0.4, 0.5) is 0 Å². The lowest BCUT2D eigenvalue weighted by molar-refractivity contribution is 0.163. The molecule has 2 atom stereocenters. The highest BCUT2D eigenvalue weighted by atomic mass is 16.5. The zero-order valence-electron chi connectivity index (χ0n) is 9.72. The van der Waals surface area contributed by atoms with Gasteiger partial charge in [0.25, 0.3) is 0 Å². The highest BCUT2D eigenvalue weighted by Gasteiger charge is 2.27. The van der Waals surface area contributed by atoms with Gasteiger partial charge in [0.15, 0.2) is 0 Å². The van der Waals surface area contributed by atoms with Gasteiger partial charge in [0.1, 0.15) is 5.75 Å². The maximum absolute atomic E-state index is 9.84. The second-order valence-corrected chi connectivity index (χ2v) is 4.41. The van der Waals surface area contributed by atoms with Crippen molar-refractivity contribution in [2.45, 2.75) is 44.6 Å². The lowest BCUT2D eigenvalue weighted by Gasteiger charge is -2.15. The van der Waals surface area contributed by atoms with E-state index in [0.29, 0.717) is 0 Å². The van der Waals surface area contributed by atoms with Crippen LogP contribution in [-0.4, -0.2) is 22.8 Å². The van der Waals surface area contributed by atoms with E-state index in [9.17, 15) is 5.11 Å². The molecule has 1 aromatic rings. The molecule has 0 spiro atoms. The number of nitrogens with zero attached hydrogens (tertiary/aromatic N) is 1. The first-order valence-electron chi connectivity index (χ1n) is 6.07. The largest absolute Gasteiger partial charge is 0.492 e. The van der Waals surface area contributed by atoms with Gasteiger partial charge >= 0.3 is 0 Å². The summed E-state index contributed by atoms with van der Waals surface area (Å²) in [6.07, 6.45) is 7.44. The van der Waals surface area contributed by atoms with Crippen molar-refractivity contribution in [3.05, 3.63) is 24.0 Å². The van der Waals surface area contributed by atoms with Crippen LogP contribution in [0.1, 0.15) is 44.1 Å². The number of aliphatic hydroxyl groups is 1. The first kappa shape index (κ1) is 11.4. The maximum Gasteiger partial charge on any atom is 0.137 e. The molecule has 1 heterocycles. The minimum atomic E-state index is -0.205. The Bertz CT molecular complexity index is 340. The molecular formula is C13H19NO2. The van der Waals surface area contributed by atoms with Crippen molar-refractivity contribution >= 4 is 0 Å². The van der Waals surface area contributed by atoms with Gasteiger partial charge in [-0.15, -0.1) is 0 Å². The SMILES string of the molecule is CCCOc1cncc(C2CCCC2O)c1. The van der Waals surface area contributed by atoms with Crippen molar-refractivity contribution in [1.82, 2.24) is 4.98 Å². The molecule has 1 aliphatic rings. The van der Waals surface area contributed by atoms with Gasteiger partial charge in [-0.05, 0) is 30.9 Å². The Morgan fingerprint density at radius 2 is 2.31 bits per heavy atom. The van der Waals surface area contributed by atoms with E-state index in [-0.39, 0.29) is 12.0 Å². The minimum absolute atomic E-state index is 0.205. The summed E-state index contributed by atoms with van der Waals surface area (Å²) in [5.41, 5.74) is 1.11. The fourth-order valence-corrected chi connectivity index (χ4v) is 2.27. The summed E-state index contributed by atoms with van der Waals surface area (Å²) < 4.78 is 5.55. The van der Waals surface area contributed by atoms with Crippen molar-refractivity contribution in [3.63, 3.8) is 0 Å². The highest BCUT2D eigenvalue weighted by Crippen LogP contribution is 2.35. The molecule has 88 valence electrons. The quantitative estimate of drug-likeness (QED) is 0.849. The third-order valence-corrected chi connectivity index (χ3v) is 3.11. The lowest BCUT2D eigenvalue weighted by atomic mass is 9.97. The summed E-state index contributed by atoms with van der Waals surface area (Å²) in [4.78, 5) is 4.18. The molecule has 1 aliphatic carbocycles. The van der Waals surface area contributed by atoms with E-state index in [1.165, 1.54) is 0 Å². The molecule has 16 heavy (non-hydrogen) atoms. The molecule has 1 saturated carbocycles. The number of aromatic nitrogens is 1. The molecule has 1 aromatic heterocycles. The van der Waals surface area contributed by atoms with Crippen LogP contribution in [0.2, 0.25) is 0 Å². The van der Waals surface area contributed by atoms with E-state index in [1.54, 1.807) is 6.20 Å². The number of pyridine rings is 1. The smallest absolute Gasteiger partial charge is 0.137 e. The van der Waals surface area contributed by atoms with Crippen LogP contribution in [0.5, 0.6) is 5.75 Å². The standard InChI is InChI=1S/C13H19NO2/c1-2-6-16-11-7-10(8-14-9-11)12-4-3-5-13(12)15/h7-9,12-13,15H,2-6H2,1H3. The third-order valence-electron chi connectivity index (χ3n) is 3.11. The van der Waals surface area contributed by atoms with Crippen molar-refractivity contribution in [1.29, 1.82) is 0 Å². The number of hydrogen-bond acceptors (Lipinski definition) is 3. The van der Waals surface area contributed by atoms with Gasteiger partial charge in [0, 0.05) is 12.1 Å². The number of aliphatic hydroxyl groups excluding tert-OH is 1. The summed E-state index contributed by atoms with van der Waals surface area (Å²) >= 11 is 0. The van der Waals surface area contributed by atoms with Gasteiger partial charge in [-0.2, -0.15) is 0 Å². The average Bonchev–Trinajstić information content (AvgIpc) is 2.73. The molecule has 0 bridgehead atoms. The molecule has 3 nitrogen and oxygen atoms in total. The first-order valence-corrected chi connectivity index (χ1v) is 6.07. The lowest BCUT2D eigenvalue weighted by Crippen LogP contribution is -2.11. The Balaban J connectivity index is 2.09. The second-order valence-electron chi connectivity index (χ2n) is 4.41. The Kier molecular flexibility index (Phi) is 3.78. The van der Waals surface area contributed by atoms with Crippen molar-refractivity contribution in [3.8, 4) is 5.75 Å². The van der Waals surface area contributed by atoms with E-state index < -0.39 is 0 Å².